The van der Waals surface area contributed by atoms with Crippen LogP contribution in [0.1, 0.15) is 11.6 Å². The number of rotatable bonds is 3. The fourth-order valence-electron chi connectivity index (χ4n) is 1.82. The van der Waals surface area contributed by atoms with Gasteiger partial charge in [0.1, 0.15) is 23.4 Å². The van der Waals surface area contributed by atoms with Crippen LogP contribution in [0.15, 0.2) is 46.9 Å². The molecule has 0 aliphatic carbocycles. The molecule has 0 fully saturated rings. The highest BCUT2D eigenvalue weighted by atomic mass is 79.9. The van der Waals surface area contributed by atoms with E-state index in [0.717, 1.165) is 12.1 Å². The summed E-state index contributed by atoms with van der Waals surface area (Å²) < 4.78 is 66.8. The molecule has 1 nitrogen and oxygen atoms in total. The zero-order valence-electron chi connectivity index (χ0n) is 10.4. The second kappa shape index (κ2) is 6.01. The summed E-state index contributed by atoms with van der Waals surface area (Å²) in [7, 11) is 0. The highest BCUT2D eigenvalue weighted by molar-refractivity contribution is 9.10. The van der Waals surface area contributed by atoms with Crippen molar-refractivity contribution in [1.29, 1.82) is 0 Å². The van der Waals surface area contributed by atoms with Gasteiger partial charge in [-0.2, -0.15) is 13.2 Å². The van der Waals surface area contributed by atoms with Gasteiger partial charge in [0.2, 0.25) is 0 Å². The van der Waals surface area contributed by atoms with Gasteiger partial charge in [-0.1, -0.05) is 46.3 Å². The van der Waals surface area contributed by atoms with Crippen molar-refractivity contribution in [3.63, 3.8) is 0 Å². The van der Waals surface area contributed by atoms with Gasteiger partial charge in [0.05, 0.1) is 0 Å². The summed E-state index contributed by atoms with van der Waals surface area (Å²) in [6.45, 7) is 0. The van der Waals surface area contributed by atoms with Gasteiger partial charge in [-0.15, -0.1) is 0 Å². The molecule has 0 aromatic heterocycles. The summed E-state index contributed by atoms with van der Waals surface area (Å²) in [4.78, 5) is 0. The van der Waals surface area contributed by atoms with Crippen LogP contribution < -0.4 is 5.32 Å². The zero-order valence-corrected chi connectivity index (χ0v) is 12.0. The smallest absolute Gasteiger partial charge is 0.366 e. The van der Waals surface area contributed by atoms with Crippen molar-refractivity contribution < 1.29 is 22.0 Å². The van der Waals surface area contributed by atoms with Crippen molar-refractivity contribution in [3.8, 4) is 0 Å². The SMILES string of the molecule is Fc1cc(Br)cc(F)c1NC(c1ccccc1)C(F)(F)F. The summed E-state index contributed by atoms with van der Waals surface area (Å²) in [5, 5.41) is 1.90. The Morgan fingerprint density at radius 1 is 0.952 bits per heavy atom. The van der Waals surface area contributed by atoms with Crippen molar-refractivity contribution in [2.75, 3.05) is 5.32 Å². The fourth-order valence-corrected chi connectivity index (χ4v) is 2.23. The van der Waals surface area contributed by atoms with Crippen molar-refractivity contribution in [1.82, 2.24) is 0 Å². The molecule has 21 heavy (non-hydrogen) atoms. The van der Waals surface area contributed by atoms with Gasteiger partial charge in [0.25, 0.3) is 0 Å². The lowest BCUT2D eigenvalue weighted by atomic mass is 10.1. The van der Waals surface area contributed by atoms with Crippen LogP contribution in [0.3, 0.4) is 0 Å². The topological polar surface area (TPSA) is 12.0 Å². The van der Waals surface area contributed by atoms with Crippen molar-refractivity contribution in [2.24, 2.45) is 0 Å². The number of anilines is 1. The lowest BCUT2D eigenvalue weighted by molar-refractivity contribution is -0.144. The van der Waals surface area contributed by atoms with Crippen LogP contribution >= 0.6 is 15.9 Å². The molecule has 0 bridgehead atoms. The van der Waals surface area contributed by atoms with Gasteiger partial charge in [-0.05, 0) is 17.7 Å². The minimum absolute atomic E-state index is 0.103. The van der Waals surface area contributed by atoms with Gasteiger partial charge >= 0.3 is 6.18 Å². The van der Waals surface area contributed by atoms with Gasteiger partial charge in [-0.3, -0.25) is 0 Å². The van der Waals surface area contributed by atoms with Crippen LogP contribution in [0.5, 0.6) is 0 Å². The molecule has 1 unspecified atom stereocenters. The van der Waals surface area contributed by atoms with E-state index in [4.69, 9.17) is 0 Å². The van der Waals surface area contributed by atoms with Gasteiger partial charge < -0.3 is 5.32 Å². The van der Waals surface area contributed by atoms with Crippen LogP contribution in [0.25, 0.3) is 0 Å². The fraction of sp³-hybridized carbons (Fsp3) is 0.143. The number of nitrogens with one attached hydrogen (secondary N) is 1. The minimum Gasteiger partial charge on any atom is -0.366 e. The van der Waals surface area contributed by atoms with E-state index in [2.05, 4.69) is 15.9 Å². The van der Waals surface area contributed by atoms with E-state index in [0.29, 0.717) is 0 Å². The minimum atomic E-state index is -4.70. The monoisotopic (exact) mass is 365 g/mol. The lowest BCUT2D eigenvalue weighted by Crippen LogP contribution is -2.28. The Bertz CT molecular complexity index is 604. The Kier molecular flexibility index (Phi) is 4.51. The predicted octanol–water partition coefficient (Wildman–Crippen LogP) is 5.44. The molecule has 1 atom stereocenters. The van der Waals surface area contributed by atoms with Gasteiger partial charge in [0.15, 0.2) is 0 Å². The summed E-state index contributed by atoms with van der Waals surface area (Å²) in [6, 6.07) is 6.45. The van der Waals surface area contributed by atoms with E-state index in [-0.39, 0.29) is 10.0 Å². The van der Waals surface area contributed by atoms with E-state index in [1.807, 2.05) is 5.32 Å². The molecule has 112 valence electrons. The van der Waals surface area contributed by atoms with E-state index >= 15 is 0 Å². The first kappa shape index (κ1) is 15.8. The van der Waals surface area contributed by atoms with Crippen LogP contribution in [0.2, 0.25) is 0 Å². The third kappa shape index (κ3) is 3.72. The number of hydrogen-bond donors (Lipinski definition) is 1. The normalized spacial score (nSPS) is 13.0. The number of halogens is 6. The molecule has 2 rings (SSSR count). The molecule has 0 heterocycles. The first-order chi connectivity index (χ1) is 9.79. The van der Waals surface area contributed by atoms with E-state index in [1.54, 1.807) is 6.07 Å². The standard InChI is InChI=1S/C14H9BrF5N/c15-9-6-10(16)12(11(17)7-9)21-13(14(18,19)20)8-4-2-1-3-5-8/h1-7,13,21H. The Labute approximate surface area is 125 Å². The van der Waals surface area contributed by atoms with Crippen LogP contribution in [0.4, 0.5) is 27.6 Å². The quantitative estimate of drug-likeness (QED) is 0.713. The summed E-state index contributed by atoms with van der Waals surface area (Å²) in [6.07, 6.45) is -4.70. The highest BCUT2D eigenvalue weighted by Crippen LogP contribution is 2.37. The van der Waals surface area contributed by atoms with Gasteiger partial charge in [0, 0.05) is 4.47 Å². The van der Waals surface area contributed by atoms with Crippen molar-refractivity contribution in [3.05, 3.63) is 64.1 Å². The Balaban J connectivity index is 2.42. The Hall–Kier alpha value is -1.63. The average Bonchev–Trinajstić information content (AvgIpc) is 2.37. The number of hydrogen-bond acceptors (Lipinski definition) is 1. The lowest BCUT2D eigenvalue weighted by Gasteiger charge is -2.23. The summed E-state index contributed by atoms with van der Waals surface area (Å²) in [5.41, 5.74) is -0.948. The molecule has 2 aromatic rings. The maximum atomic E-state index is 13.7. The molecular formula is C14H9BrF5N. The average molecular weight is 366 g/mol. The first-order valence-corrected chi connectivity index (χ1v) is 6.61. The Morgan fingerprint density at radius 3 is 1.95 bits per heavy atom. The molecule has 0 spiro atoms. The maximum Gasteiger partial charge on any atom is 0.412 e. The predicted molar refractivity (Wildman–Crippen MR) is 72.9 cm³/mol. The number of alkyl halides is 3. The molecule has 0 aliphatic rings. The molecule has 7 heteroatoms. The van der Waals surface area contributed by atoms with Crippen molar-refractivity contribution >= 4 is 21.6 Å². The molecule has 2 aromatic carbocycles. The zero-order chi connectivity index (χ0) is 15.6. The third-order valence-electron chi connectivity index (χ3n) is 2.76. The van der Waals surface area contributed by atoms with Crippen molar-refractivity contribution in [2.45, 2.75) is 12.2 Å². The largest absolute Gasteiger partial charge is 0.412 e. The molecule has 0 aliphatic heterocycles. The molecular weight excluding hydrogens is 357 g/mol. The molecule has 0 amide bonds. The second-order valence-electron chi connectivity index (χ2n) is 4.27. The third-order valence-corrected chi connectivity index (χ3v) is 3.21. The summed E-state index contributed by atoms with van der Waals surface area (Å²) in [5.74, 6) is -2.21. The Morgan fingerprint density at radius 2 is 1.48 bits per heavy atom. The molecule has 0 saturated carbocycles. The summed E-state index contributed by atoms with van der Waals surface area (Å²) >= 11 is 2.87. The van der Waals surface area contributed by atoms with E-state index in [1.165, 1.54) is 24.3 Å². The number of benzene rings is 2. The molecule has 1 N–H and O–H groups in total. The first-order valence-electron chi connectivity index (χ1n) is 5.82. The van der Waals surface area contributed by atoms with Gasteiger partial charge in [-0.25, -0.2) is 8.78 Å². The van der Waals surface area contributed by atoms with Crippen LogP contribution in [-0.2, 0) is 0 Å². The van der Waals surface area contributed by atoms with E-state index in [9.17, 15) is 22.0 Å². The molecule has 0 saturated heterocycles. The molecule has 0 radical (unpaired) electrons. The van der Waals surface area contributed by atoms with Crippen LogP contribution in [-0.4, -0.2) is 6.18 Å². The van der Waals surface area contributed by atoms with E-state index < -0.39 is 29.5 Å². The second-order valence-corrected chi connectivity index (χ2v) is 5.19. The van der Waals surface area contributed by atoms with Crippen LogP contribution in [0, 0.1) is 11.6 Å². The maximum absolute atomic E-state index is 13.7. The highest BCUT2D eigenvalue weighted by Gasteiger charge is 2.41.